The van der Waals surface area contributed by atoms with E-state index in [1.807, 2.05) is 0 Å². The summed E-state index contributed by atoms with van der Waals surface area (Å²) in [4.78, 5) is 13.9. The van der Waals surface area contributed by atoms with Crippen molar-refractivity contribution >= 4 is 21.6 Å². The van der Waals surface area contributed by atoms with Gasteiger partial charge in [0.05, 0.1) is 18.6 Å². The summed E-state index contributed by atoms with van der Waals surface area (Å²) in [6.45, 7) is 0.275. The van der Waals surface area contributed by atoms with Gasteiger partial charge >= 0.3 is 0 Å². The Morgan fingerprint density at radius 2 is 1.79 bits per heavy atom. The van der Waals surface area contributed by atoms with E-state index in [4.69, 9.17) is 14.2 Å². The Bertz CT molecular complexity index is 884. The fourth-order valence-electron chi connectivity index (χ4n) is 2.28. The third-order valence-electron chi connectivity index (χ3n) is 3.91. The zero-order valence-corrected chi connectivity index (χ0v) is 16.9. The van der Waals surface area contributed by atoms with Crippen molar-refractivity contribution in [3.63, 3.8) is 0 Å². The maximum Gasteiger partial charge on any atom is 0.264 e. The van der Waals surface area contributed by atoms with E-state index in [9.17, 15) is 13.2 Å². The highest BCUT2D eigenvalue weighted by Crippen LogP contribution is 2.20. The largest absolute Gasteiger partial charge is 0.497 e. The van der Waals surface area contributed by atoms with E-state index in [0.29, 0.717) is 17.2 Å². The fraction of sp³-hybridized carbons (Fsp3) is 0.316. The predicted molar refractivity (Wildman–Crippen MR) is 105 cm³/mol. The first-order valence-electron chi connectivity index (χ1n) is 8.49. The average Bonchev–Trinajstić information content (AvgIpc) is 2.72. The quantitative estimate of drug-likeness (QED) is 0.601. The number of sulfonamides is 1. The number of nitrogens with zero attached hydrogens (tertiary/aromatic N) is 1. The molecule has 8 nitrogen and oxygen atoms in total. The first kappa shape index (κ1) is 21.7. The molecule has 0 aliphatic heterocycles. The van der Waals surface area contributed by atoms with E-state index in [1.54, 1.807) is 38.4 Å². The number of nitrogens with one attached hydrogen (secondary N) is 1. The number of anilines is 1. The second-order valence-electron chi connectivity index (χ2n) is 5.80. The number of hydrogen-bond acceptors (Lipinski definition) is 6. The van der Waals surface area contributed by atoms with Gasteiger partial charge in [-0.3, -0.25) is 4.79 Å². The Hall–Kier alpha value is -2.62. The highest BCUT2D eigenvalue weighted by Gasteiger charge is 2.15. The van der Waals surface area contributed by atoms with Crippen LogP contribution in [0.25, 0.3) is 0 Å². The van der Waals surface area contributed by atoms with Crippen LogP contribution in [0, 0.1) is 0 Å². The summed E-state index contributed by atoms with van der Waals surface area (Å²) in [6, 6.07) is 13.0. The van der Waals surface area contributed by atoms with Gasteiger partial charge in [-0.2, -0.15) is 0 Å². The monoisotopic (exact) mass is 408 g/mol. The van der Waals surface area contributed by atoms with E-state index < -0.39 is 10.0 Å². The van der Waals surface area contributed by atoms with Crippen LogP contribution in [-0.2, 0) is 19.6 Å². The molecule has 0 radical (unpaired) electrons. The molecular weight excluding hydrogens is 384 g/mol. The van der Waals surface area contributed by atoms with Crippen LogP contribution in [0.1, 0.15) is 0 Å². The number of likely N-dealkylation sites (N-methyl/N-ethyl adjacent to an activating group) is 1. The lowest BCUT2D eigenvalue weighted by Gasteiger charge is -2.18. The molecule has 0 bridgehead atoms. The van der Waals surface area contributed by atoms with Crippen molar-refractivity contribution in [3.05, 3.63) is 48.5 Å². The SMILES string of the molecule is COCCNS(=O)(=O)c1ccc(OCC(=O)N(C)c2cccc(OC)c2)cc1. The molecule has 0 heterocycles. The Morgan fingerprint density at radius 3 is 2.43 bits per heavy atom. The van der Waals surface area contributed by atoms with Crippen LogP contribution in [0.5, 0.6) is 11.5 Å². The topological polar surface area (TPSA) is 94.2 Å². The average molecular weight is 408 g/mol. The van der Waals surface area contributed by atoms with Crippen molar-refractivity contribution < 1.29 is 27.4 Å². The highest BCUT2D eigenvalue weighted by molar-refractivity contribution is 7.89. The molecule has 0 saturated carbocycles. The van der Waals surface area contributed by atoms with Crippen LogP contribution in [0.2, 0.25) is 0 Å². The van der Waals surface area contributed by atoms with Gasteiger partial charge in [0.2, 0.25) is 10.0 Å². The molecule has 2 aromatic carbocycles. The van der Waals surface area contributed by atoms with Crippen LogP contribution in [0.15, 0.2) is 53.4 Å². The summed E-state index contributed by atoms with van der Waals surface area (Å²) in [7, 11) is 1.08. The van der Waals surface area contributed by atoms with E-state index in [2.05, 4.69) is 4.72 Å². The highest BCUT2D eigenvalue weighted by atomic mass is 32.2. The minimum absolute atomic E-state index is 0.107. The van der Waals surface area contributed by atoms with Crippen LogP contribution in [0.3, 0.4) is 0 Å². The third-order valence-corrected chi connectivity index (χ3v) is 5.39. The van der Waals surface area contributed by atoms with Gasteiger partial charge in [-0.25, -0.2) is 13.1 Å². The number of carbonyl (C=O) groups excluding carboxylic acids is 1. The third kappa shape index (κ3) is 5.95. The second kappa shape index (κ2) is 10.1. The molecule has 0 saturated heterocycles. The number of carbonyl (C=O) groups is 1. The number of benzene rings is 2. The number of methoxy groups -OCH3 is 2. The number of ether oxygens (including phenoxy) is 3. The zero-order valence-electron chi connectivity index (χ0n) is 16.0. The van der Waals surface area contributed by atoms with Gasteiger partial charge in [-0.15, -0.1) is 0 Å². The van der Waals surface area contributed by atoms with Crippen LogP contribution in [-0.4, -0.2) is 55.4 Å². The minimum Gasteiger partial charge on any atom is -0.497 e. The summed E-state index contributed by atoms with van der Waals surface area (Å²) in [5, 5.41) is 0. The molecule has 0 atom stereocenters. The predicted octanol–water partition coefficient (Wildman–Crippen LogP) is 1.66. The molecule has 2 aromatic rings. The smallest absolute Gasteiger partial charge is 0.264 e. The summed E-state index contributed by atoms with van der Waals surface area (Å²) < 4.78 is 42.1. The lowest BCUT2D eigenvalue weighted by Crippen LogP contribution is -2.31. The fourth-order valence-corrected chi connectivity index (χ4v) is 3.29. The summed E-state index contributed by atoms with van der Waals surface area (Å²) >= 11 is 0. The normalized spacial score (nSPS) is 11.1. The summed E-state index contributed by atoms with van der Waals surface area (Å²) in [6.07, 6.45) is 0. The lowest BCUT2D eigenvalue weighted by atomic mass is 10.3. The molecule has 0 aliphatic carbocycles. The first-order chi connectivity index (χ1) is 13.4. The molecule has 28 heavy (non-hydrogen) atoms. The van der Waals surface area contributed by atoms with Gasteiger partial charge in [0.25, 0.3) is 5.91 Å². The maximum atomic E-state index is 12.3. The van der Waals surface area contributed by atoms with Gasteiger partial charge in [-0.05, 0) is 36.4 Å². The molecule has 0 aromatic heterocycles. The Morgan fingerprint density at radius 1 is 1.07 bits per heavy atom. The van der Waals surface area contributed by atoms with Gasteiger partial charge in [0, 0.05) is 32.5 Å². The summed E-state index contributed by atoms with van der Waals surface area (Å²) in [5.41, 5.74) is 0.677. The molecule has 0 spiro atoms. The molecule has 2 rings (SSSR count). The molecular formula is C19H24N2O6S. The van der Waals surface area contributed by atoms with E-state index in [1.165, 1.54) is 36.3 Å². The van der Waals surface area contributed by atoms with Crippen molar-refractivity contribution in [2.45, 2.75) is 4.90 Å². The van der Waals surface area contributed by atoms with Crippen molar-refractivity contribution in [1.82, 2.24) is 4.72 Å². The Balaban J connectivity index is 1.94. The van der Waals surface area contributed by atoms with Crippen molar-refractivity contribution in [2.24, 2.45) is 0 Å². The lowest BCUT2D eigenvalue weighted by molar-refractivity contribution is -0.120. The van der Waals surface area contributed by atoms with E-state index >= 15 is 0 Å². The summed E-state index contributed by atoms with van der Waals surface area (Å²) in [5.74, 6) is 0.781. The number of hydrogen-bond donors (Lipinski definition) is 1. The maximum absolute atomic E-state index is 12.3. The van der Waals surface area contributed by atoms with Gasteiger partial charge in [0.15, 0.2) is 6.61 Å². The van der Waals surface area contributed by atoms with Crippen LogP contribution < -0.4 is 19.1 Å². The Kier molecular flexibility index (Phi) is 7.80. The van der Waals surface area contributed by atoms with Crippen molar-refractivity contribution in [2.75, 3.05) is 45.9 Å². The van der Waals surface area contributed by atoms with Gasteiger partial charge < -0.3 is 19.1 Å². The zero-order chi connectivity index (χ0) is 20.6. The molecule has 152 valence electrons. The van der Waals surface area contributed by atoms with Crippen LogP contribution in [0.4, 0.5) is 5.69 Å². The van der Waals surface area contributed by atoms with Crippen molar-refractivity contribution in [1.29, 1.82) is 0 Å². The van der Waals surface area contributed by atoms with Crippen molar-refractivity contribution in [3.8, 4) is 11.5 Å². The van der Waals surface area contributed by atoms with E-state index in [-0.39, 0.29) is 30.6 Å². The molecule has 0 fully saturated rings. The molecule has 9 heteroatoms. The van der Waals surface area contributed by atoms with E-state index in [0.717, 1.165) is 0 Å². The van der Waals surface area contributed by atoms with Gasteiger partial charge in [-0.1, -0.05) is 6.07 Å². The Labute approximate surface area is 165 Å². The minimum atomic E-state index is -3.61. The van der Waals surface area contributed by atoms with Gasteiger partial charge in [0.1, 0.15) is 11.5 Å². The molecule has 0 aliphatic rings. The number of amides is 1. The molecule has 1 N–H and O–H groups in total. The molecule has 0 unspecified atom stereocenters. The first-order valence-corrected chi connectivity index (χ1v) is 9.98. The number of rotatable bonds is 10. The standard InChI is InChI=1S/C19H24N2O6S/c1-21(15-5-4-6-17(13-15)26-3)19(22)14-27-16-7-9-18(10-8-16)28(23,24)20-11-12-25-2/h4-10,13,20H,11-12,14H2,1-3H3. The second-order valence-corrected chi connectivity index (χ2v) is 7.57. The van der Waals surface area contributed by atoms with Crippen LogP contribution >= 0.6 is 0 Å². The molecule has 1 amide bonds.